The summed E-state index contributed by atoms with van der Waals surface area (Å²) in [6.07, 6.45) is 2.44. The molecule has 1 aromatic carbocycles. The second-order valence-electron chi connectivity index (χ2n) is 6.00. The highest BCUT2D eigenvalue weighted by molar-refractivity contribution is 5.68. The van der Waals surface area contributed by atoms with E-state index in [1.165, 1.54) is 0 Å². The lowest BCUT2D eigenvalue weighted by molar-refractivity contribution is 0.0607. The topological polar surface area (TPSA) is 50.4 Å². The van der Waals surface area contributed by atoms with Crippen molar-refractivity contribution in [1.29, 1.82) is 0 Å². The van der Waals surface area contributed by atoms with Crippen LogP contribution < -0.4 is 10.6 Å². The Morgan fingerprint density at radius 2 is 2.24 bits per heavy atom. The van der Waals surface area contributed by atoms with Gasteiger partial charge >= 0.3 is 6.09 Å². The van der Waals surface area contributed by atoms with Crippen molar-refractivity contribution < 1.29 is 13.9 Å². The average molecular weight is 292 g/mol. The number of ether oxygens (including phenoxy) is 1. The Kier molecular flexibility index (Phi) is 4.10. The number of rotatable bonds is 3. The van der Waals surface area contributed by atoms with E-state index in [0.717, 1.165) is 18.4 Å². The molecule has 0 radical (unpaired) electrons. The Morgan fingerprint density at radius 1 is 1.43 bits per heavy atom. The first-order valence-electron chi connectivity index (χ1n) is 7.55. The van der Waals surface area contributed by atoms with Gasteiger partial charge in [-0.25, -0.2) is 9.18 Å². The molecule has 3 fully saturated rings. The number of hydrogen-bond acceptors (Lipinski definition) is 3. The van der Waals surface area contributed by atoms with Crippen molar-refractivity contribution in [3.63, 3.8) is 0 Å². The van der Waals surface area contributed by atoms with Crippen LogP contribution in [0, 0.1) is 0 Å². The van der Waals surface area contributed by atoms with E-state index in [-0.39, 0.29) is 6.61 Å². The Labute approximate surface area is 124 Å². The van der Waals surface area contributed by atoms with Crippen LogP contribution in [0.15, 0.2) is 30.3 Å². The van der Waals surface area contributed by atoms with Crippen LogP contribution in [0.5, 0.6) is 0 Å². The molecule has 2 N–H and O–H groups in total. The van der Waals surface area contributed by atoms with Crippen LogP contribution in [0.4, 0.5) is 9.18 Å². The van der Waals surface area contributed by atoms with Crippen LogP contribution in [0.25, 0.3) is 0 Å². The van der Waals surface area contributed by atoms with Gasteiger partial charge in [-0.3, -0.25) is 0 Å². The van der Waals surface area contributed by atoms with Crippen molar-refractivity contribution >= 4 is 6.09 Å². The number of nitrogens with one attached hydrogen (secondary N) is 2. The Bertz CT molecular complexity index is 492. The summed E-state index contributed by atoms with van der Waals surface area (Å²) in [5.41, 5.74) is -0.426. The summed E-state index contributed by atoms with van der Waals surface area (Å²) < 4.78 is 20.0. The van der Waals surface area contributed by atoms with Gasteiger partial charge in [-0.05, 0) is 31.2 Å². The molecule has 1 aliphatic carbocycles. The van der Waals surface area contributed by atoms with Crippen molar-refractivity contribution in [2.45, 2.75) is 50.0 Å². The predicted octanol–water partition coefficient (Wildman–Crippen LogP) is 2.54. The van der Waals surface area contributed by atoms with E-state index in [2.05, 4.69) is 10.6 Å². The van der Waals surface area contributed by atoms with Gasteiger partial charge in [0.1, 0.15) is 12.3 Å². The second kappa shape index (κ2) is 6.02. The molecule has 4 rings (SSSR count). The summed E-state index contributed by atoms with van der Waals surface area (Å²) in [5.74, 6) is 0. The fourth-order valence-electron chi connectivity index (χ4n) is 3.24. The van der Waals surface area contributed by atoms with E-state index in [0.29, 0.717) is 25.4 Å². The Hall–Kier alpha value is -1.62. The first-order valence-corrected chi connectivity index (χ1v) is 7.55. The first-order chi connectivity index (χ1) is 10.2. The maximum absolute atomic E-state index is 14.9. The van der Waals surface area contributed by atoms with Gasteiger partial charge < -0.3 is 15.4 Å². The lowest BCUT2D eigenvalue weighted by atomic mass is 9.87. The fourth-order valence-corrected chi connectivity index (χ4v) is 3.24. The molecule has 2 aliphatic heterocycles. The molecule has 3 atom stereocenters. The van der Waals surface area contributed by atoms with Crippen LogP contribution in [0.3, 0.4) is 0 Å². The molecule has 2 heterocycles. The summed E-state index contributed by atoms with van der Waals surface area (Å²) in [4.78, 5) is 11.9. The van der Waals surface area contributed by atoms with Crippen LogP contribution in [-0.4, -0.2) is 30.4 Å². The minimum atomic E-state index is -1.35. The van der Waals surface area contributed by atoms with Gasteiger partial charge in [0.15, 0.2) is 0 Å². The largest absolute Gasteiger partial charge is 0.445 e. The Morgan fingerprint density at radius 3 is 3.05 bits per heavy atom. The smallest absolute Gasteiger partial charge is 0.407 e. The zero-order valence-corrected chi connectivity index (χ0v) is 12.0. The quantitative estimate of drug-likeness (QED) is 0.900. The number of amides is 1. The molecule has 1 unspecified atom stereocenters. The van der Waals surface area contributed by atoms with E-state index in [1.54, 1.807) is 0 Å². The third-order valence-electron chi connectivity index (χ3n) is 4.48. The number of hydrogen-bond donors (Lipinski definition) is 2. The molecule has 5 heteroatoms. The number of carbonyl (C=O) groups excluding carboxylic acids is 1. The van der Waals surface area contributed by atoms with Gasteiger partial charge in [0.25, 0.3) is 0 Å². The van der Waals surface area contributed by atoms with Gasteiger partial charge in [0.05, 0.1) is 6.04 Å². The molecule has 1 amide bonds. The number of halogens is 1. The highest BCUT2D eigenvalue weighted by Gasteiger charge is 2.46. The van der Waals surface area contributed by atoms with Crippen LogP contribution in [0.2, 0.25) is 0 Å². The molecule has 2 bridgehead atoms. The van der Waals surface area contributed by atoms with E-state index < -0.39 is 17.8 Å². The first kappa shape index (κ1) is 14.3. The van der Waals surface area contributed by atoms with Gasteiger partial charge in [-0.2, -0.15) is 0 Å². The number of carbonyl (C=O) groups is 1. The molecule has 21 heavy (non-hydrogen) atoms. The molecule has 0 spiro atoms. The van der Waals surface area contributed by atoms with E-state index in [1.807, 2.05) is 30.3 Å². The van der Waals surface area contributed by atoms with Crippen molar-refractivity contribution in [3.05, 3.63) is 35.9 Å². The SMILES string of the molecule is O=C(N[C@@H]1C[C@H]2CCCC1(F)CN2)OCc1ccccc1. The number of benzene rings is 1. The van der Waals surface area contributed by atoms with Crippen LogP contribution in [0.1, 0.15) is 31.2 Å². The summed E-state index contributed by atoms with van der Waals surface area (Å²) in [7, 11) is 0. The number of alkyl carbamates (subject to hydrolysis) is 1. The molecule has 0 aromatic heterocycles. The molecule has 4 nitrogen and oxygen atoms in total. The van der Waals surface area contributed by atoms with Gasteiger partial charge in [0, 0.05) is 12.6 Å². The molecule has 1 saturated carbocycles. The maximum atomic E-state index is 14.9. The minimum Gasteiger partial charge on any atom is -0.445 e. The van der Waals surface area contributed by atoms with Crippen molar-refractivity contribution in [1.82, 2.24) is 10.6 Å². The predicted molar refractivity (Wildman–Crippen MR) is 77.6 cm³/mol. The highest BCUT2D eigenvalue weighted by Crippen LogP contribution is 2.34. The van der Waals surface area contributed by atoms with E-state index in [9.17, 15) is 9.18 Å². The monoisotopic (exact) mass is 292 g/mol. The van der Waals surface area contributed by atoms with Crippen molar-refractivity contribution in [2.24, 2.45) is 0 Å². The summed E-state index contributed by atoms with van der Waals surface area (Å²) in [5, 5.41) is 5.94. The molecule has 114 valence electrons. The number of fused-ring (bicyclic) bond motifs is 4. The molecular formula is C16H21FN2O2. The number of alkyl halides is 1. The zero-order valence-electron chi connectivity index (χ0n) is 12.0. The highest BCUT2D eigenvalue weighted by atomic mass is 19.1. The minimum absolute atomic E-state index is 0.209. The third kappa shape index (κ3) is 3.35. The lowest BCUT2D eigenvalue weighted by Gasteiger charge is -2.38. The second-order valence-corrected chi connectivity index (χ2v) is 6.00. The van der Waals surface area contributed by atoms with Gasteiger partial charge in [-0.15, -0.1) is 0 Å². The maximum Gasteiger partial charge on any atom is 0.407 e. The van der Waals surface area contributed by atoms with Gasteiger partial charge in [0.2, 0.25) is 0 Å². The lowest BCUT2D eigenvalue weighted by Crippen LogP contribution is -2.60. The molecule has 1 aromatic rings. The number of piperidine rings is 1. The van der Waals surface area contributed by atoms with Gasteiger partial charge in [-0.1, -0.05) is 30.3 Å². The Balaban J connectivity index is 1.55. The third-order valence-corrected chi connectivity index (χ3v) is 4.48. The molecule has 3 aliphatic rings. The zero-order chi connectivity index (χ0) is 14.7. The van der Waals surface area contributed by atoms with E-state index >= 15 is 0 Å². The fraction of sp³-hybridized carbons (Fsp3) is 0.562. The summed E-state index contributed by atoms with van der Waals surface area (Å²) in [6.45, 7) is 0.529. The van der Waals surface area contributed by atoms with E-state index in [4.69, 9.17) is 4.74 Å². The summed E-state index contributed by atoms with van der Waals surface area (Å²) >= 11 is 0. The summed E-state index contributed by atoms with van der Waals surface area (Å²) in [6, 6.07) is 9.33. The van der Waals surface area contributed by atoms with Crippen molar-refractivity contribution in [2.75, 3.05) is 6.54 Å². The average Bonchev–Trinajstić information content (AvgIpc) is 2.77. The standard InChI is InChI=1S/C16H21FN2O2/c17-16-8-4-7-13(18-11-16)9-14(16)19-15(20)21-10-12-5-2-1-3-6-12/h1-3,5-6,13-14,18H,4,7-11H2,(H,19,20)/t13-,14-,16?/m1/s1. The normalized spacial score (nSPS) is 31.5. The van der Waals surface area contributed by atoms with Crippen molar-refractivity contribution in [3.8, 4) is 0 Å². The molecular weight excluding hydrogens is 271 g/mol. The van der Waals surface area contributed by atoms with Crippen LogP contribution in [-0.2, 0) is 11.3 Å². The van der Waals surface area contributed by atoms with Crippen LogP contribution >= 0.6 is 0 Å². The molecule has 2 saturated heterocycles.